The van der Waals surface area contributed by atoms with Gasteiger partial charge in [-0.3, -0.25) is 5.10 Å². The highest BCUT2D eigenvalue weighted by atomic mass is 19.4. The van der Waals surface area contributed by atoms with E-state index in [1.54, 1.807) is 0 Å². The van der Waals surface area contributed by atoms with Crippen LogP contribution in [0.4, 0.5) is 43.9 Å². The van der Waals surface area contributed by atoms with Gasteiger partial charge in [-0.05, 0) is 0 Å². The van der Waals surface area contributed by atoms with Crippen LogP contribution in [0.2, 0.25) is 0 Å². The van der Waals surface area contributed by atoms with E-state index in [2.05, 4.69) is 0 Å². The molecule has 0 bridgehead atoms. The highest BCUT2D eigenvalue weighted by Crippen LogP contribution is 2.45. The van der Waals surface area contributed by atoms with Crippen LogP contribution in [0.3, 0.4) is 0 Å². The number of nitrogens with one attached hydrogen (secondary N) is 1. The van der Waals surface area contributed by atoms with Crippen LogP contribution in [0.5, 0.6) is 0 Å². The zero-order valence-corrected chi connectivity index (χ0v) is 8.17. The van der Waals surface area contributed by atoms with Crippen molar-refractivity contribution in [2.24, 2.45) is 0 Å². The number of nitrogens with zero attached hydrogens (tertiary/aromatic N) is 2. The third kappa shape index (κ3) is 2.45. The first-order valence-corrected chi connectivity index (χ1v) is 4.03. The molecule has 13 heteroatoms. The Morgan fingerprint density at radius 1 is 0.684 bits per heavy atom. The molecule has 0 atom stereocenters. The van der Waals surface area contributed by atoms with Gasteiger partial charge in [-0.25, -0.2) is 4.98 Å². The lowest BCUT2D eigenvalue weighted by Crippen LogP contribution is -2.36. The minimum atomic E-state index is -6.24. The monoisotopic (exact) mass is 305 g/mol. The van der Waals surface area contributed by atoms with Gasteiger partial charge in [0.1, 0.15) is 0 Å². The van der Waals surface area contributed by atoms with Crippen molar-refractivity contribution >= 4 is 0 Å². The van der Waals surface area contributed by atoms with Gasteiger partial charge in [0, 0.05) is 0 Å². The Balaban J connectivity index is 3.22. The van der Waals surface area contributed by atoms with Crippen molar-refractivity contribution in [3.8, 4) is 0 Å². The highest BCUT2D eigenvalue weighted by Gasteiger charge is 2.65. The van der Waals surface area contributed by atoms with Crippen molar-refractivity contribution < 1.29 is 43.9 Å². The van der Waals surface area contributed by atoms with Crippen LogP contribution in [0.25, 0.3) is 0 Å². The molecule has 0 aliphatic rings. The predicted octanol–water partition coefficient (Wildman–Crippen LogP) is 3.11. The molecule has 1 aromatic rings. The molecule has 0 saturated heterocycles. The van der Waals surface area contributed by atoms with E-state index in [0.29, 0.717) is 0 Å². The normalized spacial score (nSPS) is 14.8. The lowest BCUT2D eigenvalue weighted by atomic mass is 10.3. The largest absolute Gasteiger partial charge is 0.461 e. The topological polar surface area (TPSA) is 41.6 Å². The summed E-state index contributed by atoms with van der Waals surface area (Å²) in [6, 6.07) is 0. The zero-order valence-electron chi connectivity index (χ0n) is 8.17. The Bertz CT molecular complexity index is 414. The second kappa shape index (κ2) is 3.96. The van der Waals surface area contributed by atoms with Crippen LogP contribution < -0.4 is 0 Å². The quantitative estimate of drug-likeness (QED) is 0.853. The standard InChI is InChI=1S/C6HF10N3/c7-3(8,5(11,12)13)1-17-2(19-18-1)4(9,10)6(14,15)16/h(H,17,18,19). The molecule has 0 amide bonds. The van der Waals surface area contributed by atoms with Gasteiger partial charge < -0.3 is 0 Å². The molecule has 0 aliphatic heterocycles. The Morgan fingerprint density at radius 3 is 1.47 bits per heavy atom. The third-order valence-electron chi connectivity index (χ3n) is 1.78. The van der Waals surface area contributed by atoms with Crippen LogP contribution in [-0.2, 0) is 11.8 Å². The van der Waals surface area contributed by atoms with E-state index in [1.807, 2.05) is 10.1 Å². The van der Waals surface area contributed by atoms with Gasteiger partial charge in [0.25, 0.3) is 0 Å². The van der Waals surface area contributed by atoms with E-state index in [-0.39, 0.29) is 0 Å². The van der Waals surface area contributed by atoms with Crippen LogP contribution in [-0.4, -0.2) is 27.5 Å². The number of aromatic nitrogens is 3. The van der Waals surface area contributed by atoms with Gasteiger partial charge in [-0.15, -0.1) is 0 Å². The van der Waals surface area contributed by atoms with Crippen molar-refractivity contribution in [2.45, 2.75) is 24.2 Å². The first-order chi connectivity index (χ1) is 8.21. The van der Waals surface area contributed by atoms with Gasteiger partial charge in [-0.1, -0.05) is 0 Å². The van der Waals surface area contributed by atoms with Gasteiger partial charge in [0.05, 0.1) is 0 Å². The molecule has 0 radical (unpaired) electrons. The van der Waals surface area contributed by atoms with Crippen molar-refractivity contribution in [1.29, 1.82) is 0 Å². The summed E-state index contributed by atoms with van der Waals surface area (Å²) in [5, 5.41) is 2.77. The number of H-pyrrole nitrogens is 1. The average Bonchev–Trinajstić information content (AvgIpc) is 2.62. The first kappa shape index (κ1) is 15.5. The third-order valence-corrected chi connectivity index (χ3v) is 1.78. The zero-order chi connectivity index (χ0) is 15.3. The van der Waals surface area contributed by atoms with E-state index in [1.165, 1.54) is 0 Å². The Kier molecular flexibility index (Phi) is 3.23. The molecule has 3 nitrogen and oxygen atoms in total. The lowest BCUT2D eigenvalue weighted by Gasteiger charge is -2.17. The highest BCUT2D eigenvalue weighted by molar-refractivity contribution is 5.06. The summed E-state index contributed by atoms with van der Waals surface area (Å²) in [5.41, 5.74) is 0. The van der Waals surface area contributed by atoms with E-state index < -0.39 is 35.8 Å². The van der Waals surface area contributed by atoms with Crippen LogP contribution >= 0.6 is 0 Å². The van der Waals surface area contributed by atoms with Crippen molar-refractivity contribution in [3.05, 3.63) is 11.6 Å². The summed E-state index contributed by atoms with van der Waals surface area (Å²) in [5.74, 6) is -16.5. The molecule has 0 spiro atoms. The molecule has 1 aromatic heterocycles. The number of rotatable bonds is 2. The summed E-state index contributed by atoms with van der Waals surface area (Å²) in [6.07, 6.45) is -12.5. The molecule has 0 aromatic carbocycles. The summed E-state index contributed by atoms with van der Waals surface area (Å²) >= 11 is 0. The maximum atomic E-state index is 12.6. The van der Waals surface area contributed by atoms with E-state index >= 15 is 0 Å². The number of hydrogen-bond donors (Lipinski definition) is 1. The average molecular weight is 305 g/mol. The SMILES string of the molecule is FC(F)(F)C(F)(F)c1n[nH]c(C(F)(F)C(F)(F)F)n1. The predicted molar refractivity (Wildman–Crippen MR) is 36.3 cm³/mol. The molecular formula is C6HF10N3. The minimum absolute atomic E-state index is 0.720. The molecule has 0 aliphatic carbocycles. The summed E-state index contributed by atoms with van der Waals surface area (Å²) in [6.45, 7) is 0. The van der Waals surface area contributed by atoms with Crippen LogP contribution in [0.1, 0.15) is 11.6 Å². The molecule has 0 unspecified atom stereocenters. The number of aromatic amines is 1. The molecule has 0 fully saturated rings. The Labute approximate surface area is 96.2 Å². The van der Waals surface area contributed by atoms with E-state index in [4.69, 9.17) is 0 Å². The number of alkyl halides is 10. The molecule has 1 rings (SSSR count). The fourth-order valence-electron chi connectivity index (χ4n) is 0.804. The number of halogens is 10. The van der Waals surface area contributed by atoms with Gasteiger partial charge in [-0.2, -0.15) is 49.0 Å². The first-order valence-electron chi connectivity index (χ1n) is 4.03. The summed E-state index contributed by atoms with van der Waals surface area (Å²) in [7, 11) is 0. The van der Waals surface area contributed by atoms with Gasteiger partial charge >= 0.3 is 24.2 Å². The lowest BCUT2D eigenvalue weighted by molar-refractivity contribution is -0.295. The Morgan fingerprint density at radius 2 is 1.11 bits per heavy atom. The molecule has 110 valence electrons. The summed E-state index contributed by atoms with van der Waals surface area (Å²) < 4.78 is 121. The fourth-order valence-corrected chi connectivity index (χ4v) is 0.804. The van der Waals surface area contributed by atoms with Gasteiger partial charge in [0.15, 0.2) is 0 Å². The number of hydrogen-bond acceptors (Lipinski definition) is 2. The minimum Gasteiger partial charge on any atom is -0.257 e. The maximum Gasteiger partial charge on any atom is 0.461 e. The van der Waals surface area contributed by atoms with E-state index in [9.17, 15) is 43.9 Å². The molecule has 19 heavy (non-hydrogen) atoms. The smallest absolute Gasteiger partial charge is 0.257 e. The second-order valence-electron chi connectivity index (χ2n) is 3.15. The fraction of sp³-hybridized carbons (Fsp3) is 0.667. The van der Waals surface area contributed by atoms with Gasteiger partial charge in [0.2, 0.25) is 11.6 Å². The Hall–Kier alpha value is -1.56. The molecule has 1 heterocycles. The van der Waals surface area contributed by atoms with E-state index in [0.717, 1.165) is 5.10 Å². The molecular weight excluding hydrogens is 304 g/mol. The van der Waals surface area contributed by atoms with Crippen molar-refractivity contribution in [3.63, 3.8) is 0 Å². The van der Waals surface area contributed by atoms with Crippen molar-refractivity contribution in [1.82, 2.24) is 15.2 Å². The van der Waals surface area contributed by atoms with Crippen LogP contribution in [0.15, 0.2) is 0 Å². The molecule has 1 N–H and O–H groups in total. The van der Waals surface area contributed by atoms with Crippen LogP contribution in [0, 0.1) is 0 Å². The summed E-state index contributed by atoms with van der Waals surface area (Å²) in [4.78, 5) is 1.88. The second-order valence-corrected chi connectivity index (χ2v) is 3.15. The van der Waals surface area contributed by atoms with Crippen molar-refractivity contribution in [2.75, 3.05) is 0 Å². The molecule has 0 saturated carbocycles. The maximum absolute atomic E-state index is 12.6.